The lowest BCUT2D eigenvalue weighted by Crippen LogP contribution is -2.32. The molecule has 0 spiro atoms. The van der Waals surface area contributed by atoms with E-state index in [1.807, 2.05) is 6.92 Å². The normalized spacial score (nSPS) is 28.9. The smallest absolute Gasteiger partial charge is 0.243 e. The lowest BCUT2D eigenvalue weighted by Gasteiger charge is -2.27. The number of nitrogens with one attached hydrogen (secondary N) is 1. The Kier molecular flexibility index (Phi) is 4.60. The van der Waals surface area contributed by atoms with Gasteiger partial charge in [-0.1, -0.05) is 18.5 Å². The second kappa shape index (κ2) is 6.44. The van der Waals surface area contributed by atoms with Crippen molar-refractivity contribution < 1.29 is 9.26 Å². The Balaban J connectivity index is 1.76. The van der Waals surface area contributed by atoms with E-state index in [2.05, 4.69) is 17.4 Å². The van der Waals surface area contributed by atoms with E-state index in [1.165, 1.54) is 25.7 Å². The van der Waals surface area contributed by atoms with Crippen LogP contribution in [0.15, 0.2) is 4.52 Å². The molecule has 118 valence electrons. The van der Waals surface area contributed by atoms with Crippen molar-refractivity contribution in [3.8, 4) is 0 Å². The minimum Gasteiger partial charge on any atom is -0.367 e. The van der Waals surface area contributed by atoms with Gasteiger partial charge in [-0.2, -0.15) is 4.98 Å². The fourth-order valence-corrected chi connectivity index (χ4v) is 3.77. The maximum atomic E-state index is 6.01. The van der Waals surface area contributed by atoms with Gasteiger partial charge in [0.1, 0.15) is 5.60 Å². The molecule has 0 bridgehead atoms. The van der Waals surface area contributed by atoms with Crippen LogP contribution in [0, 0.1) is 5.92 Å². The quantitative estimate of drug-likeness (QED) is 0.902. The first-order valence-electron chi connectivity index (χ1n) is 8.49. The van der Waals surface area contributed by atoms with Crippen molar-refractivity contribution in [2.24, 2.45) is 5.92 Å². The Labute approximate surface area is 126 Å². The molecule has 1 aliphatic carbocycles. The maximum Gasteiger partial charge on any atom is 0.243 e. The van der Waals surface area contributed by atoms with Crippen molar-refractivity contribution in [1.82, 2.24) is 15.5 Å². The number of rotatable bonds is 5. The standard InChI is InChI=1S/C16H27N3O2/c1-3-12-7-10-17-13(11-12)14-18-15(19-21-14)16(20-4-2)8-5-6-9-16/h12-13,17H,3-11H2,1-2H3. The van der Waals surface area contributed by atoms with Gasteiger partial charge in [-0.3, -0.25) is 0 Å². The number of piperidine rings is 1. The van der Waals surface area contributed by atoms with Gasteiger partial charge >= 0.3 is 0 Å². The zero-order valence-corrected chi connectivity index (χ0v) is 13.2. The molecule has 0 radical (unpaired) electrons. The van der Waals surface area contributed by atoms with Gasteiger partial charge in [0.15, 0.2) is 0 Å². The van der Waals surface area contributed by atoms with Gasteiger partial charge in [0.2, 0.25) is 11.7 Å². The Bertz CT molecular complexity index is 454. The molecule has 1 aromatic heterocycles. The maximum absolute atomic E-state index is 6.01. The summed E-state index contributed by atoms with van der Waals surface area (Å²) in [7, 11) is 0. The van der Waals surface area contributed by atoms with Crippen LogP contribution in [0.3, 0.4) is 0 Å². The largest absolute Gasteiger partial charge is 0.367 e. The van der Waals surface area contributed by atoms with Gasteiger partial charge in [0, 0.05) is 6.61 Å². The molecular formula is C16H27N3O2. The first kappa shape index (κ1) is 15.0. The van der Waals surface area contributed by atoms with Gasteiger partial charge in [-0.25, -0.2) is 0 Å². The molecule has 2 heterocycles. The number of ether oxygens (including phenoxy) is 1. The molecule has 5 nitrogen and oxygen atoms in total. The highest BCUT2D eigenvalue weighted by atomic mass is 16.5. The highest BCUT2D eigenvalue weighted by molar-refractivity contribution is 5.06. The molecule has 1 aromatic rings. The van der Waals surface area contributed by atoms with E-state index in [0.29, 0.717) is 6.61 Å². The van der Waals surface area contributed by atoms with Crippen molar-refractivity contribution in [2.75, 3.05) is 13.2 Å². The fourth-order valence-electron chi connectivity index (χ4n) is 3.77. The summed E-state index contributed by atoms with van der Waals surface area (Å²) in [5, 5.41) is 7.77. The van der Waals surface area contributed by atoms with Crippen LogP contribution in [0.2, 0.25) is 0 Å². The molecular weight excluding hydrogens is 266 g/mol. The van der Waals surface area contributed by atoms with E-state index in [1.54, 1.807) is 0 Å². The van der Waals surface area contributed by atoms with E-state index in [9.17, 15) is 0 Å². The first-order valence-corrected chi connectivity index (χ1v) is 8.49. The lowest BCUT2D eigenvalue weighted by atomic mass is 9.90. The van der Waals surface area contributed by atoms with Gasteiger partial charge in [0.05, 0.1) is 6.04 Å². The molecule has 1 saturated heterocycles. The molecule has 2 atom stereocenters. The molecule has 2 unspecified atom stereocenters. The summed E-state index contributed by atoms with van der Waals surface area (Å²) < 4.78 is 11.6. The minimum atomic E-state index is -0.296. The van der Waals surface area contributed by atoms with E-state index < -0.39 is 0 Å². The van der Waals surface area contributed by atoms with Crippen LogP contribution in [0.5, 0.6) is 0 Å². The molecule has 0 amide bonds. The predicted octanol–water partition coefficient (Wildman–Crippen LogP) is 3.33. The second-order valence-electron chi connectivity index (χ2n) is 6.40. The summed E-state index contributed by atoms with van der Waals surface area (Å²) >= 11 is 0. The SMILES string of the molecule is CCOC1(c2noc(C3CC(CC)CCN3)n2)CCCC1. The lowest BCUT2D eigenvalue weighted by molar-refractivity contribution is -0.0469. The molecule has 3 rings (SSSR count). The topological polar surface area (TPSA) is 60.2 Å². The third-order valence-corrected chi connectivity index (χ3v) is 5.07. The summed E-state index contributed by atoms with van der Waals surface area (Å²) in [6.07, 6.45) is 7.95. The molecule has 1 N–H and O–H groups in total. The molecule has 21 heavy (non-hydrogen) atoms. The third-order valence-electron chi connectivity index (χ3n) is 5.07. The summed E-state index contributed by atoms with van der Waals surface area (Å²) in [5.74, 6) is 2.27. The van der Waals surface area contributed by atoms with E-state index in [0.717, 1.165) is 43.4 Å². The van der Waals surface area contributed by atoms with Crippen LogP contribution in [-0.4, -0.2) is 23.3 Å². The second-order valence-corrected chi connectivity index (χ2v) is 6.40. The Hall–Kier alpha value is -0.940. The molecule has 5 heteroatoms. The van der Waals surface area contributed by atoms with Crippen LogP contribution in [-0.2, 0) is 10.3 Å². The highest BCUT2D eigenvalue weighted by Crippen LogP contribution is 2.41. The van der Waals surface area contributed by atoms with Crippen molar-refractivity contribution in [3.05, 3.63) is 11.7 Å². The Morgan fingerprint density at radius 1 is 1.33 bits per heavy atom. The van der Waals surface area contributed by atoms with E-state index >= 15 is 0 Å². The summed E-state index contributed by atoms with van der Waals surface area (Å²) in [4.78, 5) is 4.71. The van der Waals surface area contributed by atoms with Crippen molar-refractivity contribution >= 4 is 0 Å². The van der Waals surface area contributed by atoms with Gasteiger partial charge in [-0.15, -0.1) is 0 Å². The van der Waals surface area contributed by atoms with Crippen molar-refractivity contribution in [3.63, 3.8) is 0 Å². The van der Waals surface area contributed by atoms with Crippen molar-refractivity contribution in [1.29, 1.82) is 0 Å². The molecule has 0 aromatic carbocycles. The Morgan fingerprint density at radius 3 is 2.86 bits per heavy atom. The minimum absolute atomic E-state index is 0.213. The average molecular weight is 293 g/mol. The Morgan fingerprint density at radius 2 is 2.14 bits per heavy atom. The molecule has 2 fully saturated rings. The van der Waals surface area contributed by atoms with Crippen LogP contribution in [0.4, 0.5) is 0 Å². The number of hydrogen-bond acceptors (Lipinski definition) is 5. The molecule has 2 aliphatic rings. The van der Waals surface area contributed by atoms with E-state index in [-0.39, 0.29) is 11.6 Å². The number of aromatic nitrogens is 2. The fraction of sp³-hybridized carbons (Fsp3) is 0.875. The number of hydrogen-bond donors (Lipinski definition) is 1. The predicted molar refractivity (Wildman–Crippen MR) is 79.8 cm³/mol. The van der Waals surface area contributed by atoms with E-state index in [4.69, 9.17) is 14.2 Å². The van der Waals surface area contributed by atoms with Crippen molar-refractivity contribution in [2.45, 2.75) is 70.4 Å². The highest BCUT2D eigenvalue weighted by Gasteiger charge is 2.41. The zero-order valence-electron chi connectivity index (χ0n) is 13.2. The van der Waals surface area contributed by atoms with Crippen LogP contribution in [0.25, 0.3) is 0 Å². The van der Waals surface area contributed by atoms with Gasteiger partial charge < -0.3 is 14.6 Å². The monoisotopic (exact) mass is 293 g/mol. The van der Waals surface area contributed by atoms with Crippen LogP contribution < -0.4 is 5.32 Å². The number of nitrogens with zero attached hydrogens (tertiary/aromatic N) is 2. The zero-order chi connectivity index (χ0) is 14.7. The van der Waals surface area contributed by atoms with Crippen LogP contribution >= 0.6 is 0 Å². The third kappa shape index (κ3) is 2.99. The van der Waals surface area contributed by atoms with Gasteiger partial charge in [0.25, 0.3) is 0 Å². The van der Waals surface area contributed by atoms with Crippen LogP contribution in [0.1, 0.15) is 76.6 Å². The first-order chi connectivity index (χ1) is 10.3. The molecule has 1 saturated carbocycles. The van der Waals surface area contributed by atoms with Gasteiger partial charge in [-0.05, 0) is 57.9 Å². The summed E-state index contributed by atoms with van der Waals surface area (Å²) in [6, 6.07) is 0.213. The average Bonchev–Trinajstić information content (AvgIpc) is 3.17. The summed E-state index contributed by atoms with van der Waals surface area (Å²) in [6.45, 7) is 6.03. The molecule has 1 aliphatic heterocycles. The summed E-state index contributed by atoms with van der Waals surface area (Å²) in [5.41, 5.74) is -0.296.